The van der Waals surface area contributed by atoms with Crippen molar-refractivity contribution in [1.82, 2.24) is 9.97 Å². The first-order chi connectivity index (χ1) is 11.6. The van der Waals surface area contributed by atoms with Crippen LogP contribution in [0.4, 0.5) is 5.69 Å². The van der Waals surface area contributed by atoms with Crippen molar-refractivity contribution in [3.05, 3.63) is 53.6 Å². The zero-order chi connectivity index (χ0) is 17.1. The first kappa shape index (κ1) is 16.1. The van der Waals surface area contributed by atoms with Gasteiger partial charge in [-0.3, -0.25) is 4.79 Å². The van der Waals surface area contributed by atoms with E-state index in [0.717, 1.165) is 16.6 Å². The summed E-state index contributed by atoms with van der Waals surface area (Å²) in [7, 11) is 0. The summed E-state index contributed by atoms with van der Waals surface area (Å²) >= 11 is 1.35. The molecule has 0 saturated carbocycles. The van der Waals surface area contributed by atoms with Crippen LogP contribution in [0, 0.1) is 18.3 Å². The number of carbonyl (C=O) groups excluding carboxylic acids is 1. The summed E-state index contributed by atoms with van der Waals surface area (Å²) in [5, 5.41) is 12.2. The Morgan fingerprint density at radius 1 is 1.33 bits per heavy atom. The van der Waals surface area contributed by atoms with Gasteiger partial charge >= 0.3 is 0 Å². The molecule has 0 spiro atoms. The van der Waals surface area contributed by atoms with Crippen LogP contribution >= 0.6 is 11.8 Å². The van der Waals surface area contributed by atoms with Crippen molar-refractivity contribution in [1.29, 1.82) is 5.26 Å². The molecule has 1 aromatic heterocycles. The smallest absolute Gasteiger partial charge is 0.237 e. The average Bonchev–Trinajstić information content (AvgIpc) is 2.96. The number of aryl methyl sites for hydroxylation is 1. The molecule has 0 aliphatic carbocycles. The predicted molar refractivity (Wildman–Crippen MR) is 95.9 cm³/mol. The number of carbonyl (C=O) groups is 1. The molecule has 0 aliphatic heterocycles. The highest BCUT2D eigenvalue weighted by atomic mass is 32.2. The maximum Gasteiger partial charge on any atom is 0.237 e. The lowest BCUT2D eigenvalue weighted by molar-refractivity contribution is -0.115. The zero-order valence-electron chi connectivity index (χ0n) is 13.3. The van der Waals surface area contributed by atoms with Gasteiger partial charge in [-0.25, -0.2) is 4.98 Å². The molecule has 1 atom stereocenters. The van der Waals surface area contributed by atoms with E-state index in [1.54, 1.807) is 24.3 Å². The molecule has 0 unspecified atom stereocenters. The van der Waals surface area contributed by atoms with Crippen LogP contribution in [0.3, 0.4) is 0 Å². The number of aromatic amines is 1. The van der Waals surface area contributed by atoms with Gasteiger partial charge in [-0.05, 0) is 43.7 Å². The number of rotatable bonds is 4. The molecular weight excluding hydrogens is 320 g/mol. The second-order valence-electron chi connectivity index (χ2n) is 5.47. The number of hydrogen-bond acceptors (Lipinski definition) is 4. The van der Waals surface area contributed by atoms with E-state index in [-0.39, 0.29) is 11.2 Å². The van der Waals surface area contributed by atoms with E-state index in [4.69, 9.17) is 5.26 Å². The molecule has 3 rings (SSSR count). The van der Waals surface area contributed by atoms with E-state index < -0.39 is 0 Å². The monoisotopic (exact) mass is 336 g/mol. The SMILES string of the molecule is Cc1ccc2nc(S[C@@H](C)C(=O)Nc3ccccc3C#N)[nH]c2c1. The van der Waals surface area contributed by atoms with Crippen molar-refractivity contribution in [2.45, 2.75) is 24.3 Å². The molecule has 120 valence electrons. The molecule has 5 nitrogen and oxygen atoms in total. The van der Waals surface area contributed by atoms with E-state index in [1.807, 2.05) is 32.0 Å². The lowest BCUT2D eigenvalue weighted by Crippen LogP contribution is -2.23. The average molecular weight is 336 g/mol. The van der Waals surface area contributed by atoms with Gasteiger partial charge in [0, 0.05) is 0 Å². The van der Waals surface area contributed by atoms with Crippen molar-refractivity contribution in [3.63, 3.8) is 0 Å². The van der Waals surface area contributed by atoms with E-state index >= 15 is 0 Å². The Hall–Kier alpha value is -2.78. The summed E-state index contributed by atoms with van der Waals surface area (Å²) in [4.78, 5) is 20.1. The lowest BCUT2D eigenvalue weighted by atomic mass is 10.2. The molecule has 1 amide bonds. The van der Waals surface area contributed by atoms with Gasteiger partial charge in [-0.2, -0.15) is 5.26 Å². The Morgan fingerprint density at radius 2 is 2.12 bits per heavy atom. The number of anilines is 1. The molecular formula is C18H16N4OS. The number of thioether (sulfide) groups is 1. The normalized spacial score (nSPS) is 11.9. The fourth-order valence-corrected chi connectivity index (χ4v) is 3.12. The van der Waals surface area contributed by atoms with Crippen LogP contribution in [-0.2, 0) is 4.79 Å². The molecule has 0 radical (unpaired) electrons. The molecule has 2 N–H and O–H groups in total. The highest BCUT2D eigenvalue weighted by Gasteiger charge is 2.17. The Labute approximate surface area is 144 Å². The van der Waals surface area contributed by atoms with Gasteiger partial charge in [-0.15, -0.1) is 0 Å². The van der Waals surface area contributed by atoms with Crippen LogP contribution in [0.1, 0.15) is 18.1 Å². The van der Waals surface area contributed by atoms with Crippen LogP contribution in [0.5, 0.6) is 0 Å². The molecule has 6 heteroatoms. The van der Waals surface area contributed by atoms with Gasteiger partial charge in [0.25, 0.3) is 0 Å². The second kappa shape index (κ2) is 6.77. The van der Waals surface area contributed by atoms with Crippen molar-refractivity contribution in [2.24, 2.45) is 0 Å². The third-order valence-electron chi connectivity index (χ3n) is 3.58. The lowest BCUT2D eigenvalue weighted by Gasteiger charge is -2.11. The first-order valence-electron chi connectivity index (χ1n) is 7.50. The minimum atomic E-state index is -0.349. The number of aromatic nitrogens is 2. The summed E-state index contributed by atoms with van der Waals surface area (Å²) in [5.41, 5.74) is 3.96. The third kappa shape index (κ3) is 3.42. The summed E-state index contributed by atoms with van der Waals surface area (Å²) in [6.45, 7) is 3.84. The van der Waals surface area contributed by atoms with Gasteiger partial charge in [0.2, 0.25) is 5.91 Å². The van der Waals surface area contributed by atoms with Gasteiger partial charge in [-0.1, -0.05) is 30.0 Å². The Kier molecular flexibility index (Phi) is 4.54. The van der Waals surface area contributed by atoms with Crippen molar-refractivity contribution in [2.75, 3.05) is 5.32 Å². The van der Waals surface area contributed by atoms with E-state index in [1.165, 1.54) is 11.8 Å². The van der Waals surface area contributed by atoms with Crippen LogP contribution in [0.2, 0.25) is 0 Å². The predicted octanol–water partition coefficient (Wildman–Crippen LogP) is 3.86. The number of benzene rings is 2. The van der Waals surface area contributed by atoms with Crippen molar-refractivity contribution < 1.29 is 4.79 Å². The van der Waals surface area contributed by atoms with Gasteiger partial charge in [0.05, 0.1) is 27.5 Å². The van der Waals surface area contributed by atoms with Gasteiger partial charge in [0.15, 0.2) is 5.16 Å². The molecule has 0 bridgehead atoms. The summed E-state index contributed by atoms with van der Waals surface area (Å²) in [5.74, 6) is -0.167. The standard InChI is InChI=1S/C18H16N4OS/c1-11-7-8-15-16(9-11)22-18(21-15)24-12(2)17(23)20-14-6-4-3-5-13(14)10-19/h3-9,12H,1-2H3,(H,20,23)(H,21,22)/t12-/m0/s1. The maximum absolute atomic E-state index is 12.4. The van der Waals surface area contributed by atoms with Crippen molar-refractivity contribution in [3.8, 4) is 6.07 Å². The van der Waals surface area contributed by atoms with Gasteiger partial charge in [0.1, 0.15) is 6.07 Å². The van der Waals surface area contributed by atoms with Crippen LogP contribution in [0.15, 0.2) is 47.6 Å². The third-order valence-corrected chi connectivity index (χ3v) is 4.56. The number of hydrogen-bond donors (Lipinski definition) is 2. The highest BCUT2D eigenvalue weighted by molar-refractivity contribution is 8.00. The topological polar surface area (TPSA) is 81.6 Å². The number of H-pyrrole nitrogens is 1. The number of nitrogens with zero attached hydrogens (tertiary/aromatic N) is 2. The maximum atomic E-state index is 12.4. The molecule has 2 aromatic carbocycles. The van der Waals surface area contributed by atoms with Crippen LogP contribution < -0.4 is 5.32 Å². The number of nitriles is 1. The van der Waals surface area contributed by atoms with E-state index in [0.29, 0.717) is 16.4 Å². The summed E-state index contributed by atoms with van der Waals surface area (Å²) in [6, 6.07) is 15.0. The first-order valence-corrected chi connectivity index (χ1v) is 8.38. The Balaban J connectivity index is 1.72. The largest absolute Gasteiger partial charge is 0.333 e. The van der Waals surface area contributed by atoms with Crippen LogP contribution in [-0.4, -0.2) is 21.1 Å². The van der Waals surface area contributed by atoms with Crippen molar-refractivity contribution >= 4 is 34.4 Å². The van der Waals surface area contributed by atoms with Crippen LogP contribution in [0.25, 0.3) is 11.0 Å². The summed E-state index contributed by atoms with van der Waals surface area (Å²) < 4.78 is 0. The summed E-state index contributed by atoms with van der Waals surface area (Å²) in [6.07, 6.45) is 0. The second-order valence-corrected chi connectivity index (χ2v) is 6.80. The quantitative estimate of drug-likeness (QED) is 0.709. The number of amides is 1. The molecule has 24 heavy (non-hydrogen) atoms. The Bertz CT molecular complexity index is 942. The minimum Gasteiger partial charge on any atom is -0.333 e. The number of nitrogens with one attached hydrogen (secondary N) is 2. The zero-order valence-corrected chi connectivity index (χ0v) is 14.1. The fourth-order valence-electron chi connectivity index (χ4n) is 2.30. The number of para-hydroxylation sites is 1. The minimum absolute atomic E-state index is 0.167. The van der Waals surface area contributed by atoms with Gasteiger partial charge < -0.3 is 10.3 Å². The molecule has 0 aliphatic rings. The molecule has 3 aromatic rings. The van der Waals surface area contributed by atoms with E-state index in [9.17, 15) is 4.79 Å². The molecule has 0 fully saturated rings. The number of imidazole rings is 1. The van der Waals surface area contributed by atoms with E-state index in [2.05, 4.69) is 21.4 Å². The fraction of sp³-hybridized carbons (Fsp3) is 0.167. The number of fused-ring (bicyclic) bond motifs is 1. The highest BCUT2D eigenvalue weighted by Crippen LogP contribution is 2.25. The Morgan fingerprint density at radius 3 is 2.92 bits per heavy atom. The molecule has 1 heterocycles. The molecule has 0 saturated heterocycles.